The van der Waals surface area contributed by atoms with Crippen LogP contribution in [0.2, 0.25) is 5.02 Å². The largest absolute Gasteiger partial charge is 0.493 e. The Kier molecular flexibility index (Phi) is 7.37. The van der Waals surface area contributed by atoms with Gasteiger partial charge in [-0.05, 0) is 35.9 Å². The minimum Gasteiger partial charge on any atom is -0.493 e. The van der Waals surface area contributed by atoms with Crippen molar-refractivity contribution in [2.45, 2.75) is 13.0 Å². The predicted molar refractivity (Wildman–Crippen MR) is 109 cm³/mol. The molecule has 2 aromatic carbocycles. The van der Waals surface area contributed by atoms with Gasteiger partial charge in [0.15, 0.2) is 5.82 Å². The monoisotopic (exact) mass is 435 g/mol. The summed E-state index contributed by atoms with van der Waals surface area (Å²) in [5.74, 6) is -1.98. The number of hydrogen-bond acceptors (Lipinski definition) is 4. The molecule has 30 heavy (non-hydrogen) atoms. The normalized spacial score (nSPS) is 10.8. The number of anilines is 1. The van der Waals surface area contributed by atoms with Crippen LogP contribution in [0.5, 0.6) is 5.75 Å². The third-order valence-electron chi connectivity index (χ3n) is 4.18. The quantitative estimate of drug-likeness (QED) is 0.501. The van der Waals surface area contributed by atoms with Gasteiger partial charge in [0.2, 0.25) is 0 Å². The lowest BCUT2D eigenvalue weighted by molar-refractivity contribution is 0.101. The van der Waals surface area contributed by atoms with E-state index in [4.69, 9.17) is 21.1 Å². The van der Waals surface area contributed by atoms with Gasteiger partial charge in [0.25, 0.3) is 5.91 Å². The van der Waals surface area contributed by atoms with Crippen LogP contribution in [0.1, 0.15) is 22.3 Å². The number of nitrogens with zero attached hydrogens (tertiary/aromatic N) is 2. The van der Waals surface area contributed by atoms with E-state index in [0.29, 0.717) is 30.5 Å². The molecule has 1 aromatic heterocycles. The van der Waals surface area contributed by atoms with Crippen LogP contribution in [0.25, 0.3) is 0 Å². The van der Waals surface area contributed by atoms with E-state index in [2.05, 4.69) is 10.4 Å². The van der Waals surface area contributed by atoms with Crippen LogP contribution >= 0.6 is 11.6 Å². The molecular formula is C21H20ClF2N3O3. The number of benzene rings is 2. The highest BCUT2D eigenvalue weighted by molar-refractivity contribution is 6.31. The summed E-state index contributed by atoms with van der Waals surface area (Å²) in [6.07, 6.45) is 2.38. The van der Waals surface area contributed by atoms with E-state index in [9.17, 15) is 13.6 Å². The van der Waals surface area contributed by atoms with Crippen molar-refractivity contribution in [2.24, 2.45) is 0 Å². The average molecular weight is 436 g/mol. The van der Waals surface area contributed by atoms with E-state index < -0.39 is 23.1 Å². The molecule has 0 saturated heterocycles. The fraction of sp³-hybridized carbons (Fsp3) is 0.238. The first-order valence-corrected chi connectivity index (χ1v) is 9.54. The van der Waals surface area contributed by atoms with Gasteiger partial charge in [0.05, 0.1) is 13.2 Å². The molecule has 0 bridgehead atoms. The number of rotatable bonds is 9. The molecule has 1 heterocycles. The van der Waals surface area contributed by atoms with E-state index in [1.807, 2.05) is 6.07 Å². The summed E-state index contributed by atoms with van der Waals surface area (Å²) in [5.41, 5.74) is 0.107. The number of aromatic nitrogens is 2. The van der Waals surface area contributed by atoms with E-state index in [-0.39, 0.29) is 5.82 Å². The number of halogens is 3. The van der Waals surface area contributed by atoms with Crippen LogP contribution in [0.3, 0.4) is 0 Å². The maximum absolute atomic E-state index is 13.8. The Balaban J connectivity index is 1.66. The van der Waals surface area contributed by atoms with Crippen LogP contribution in [0, 0.1) is 11.6 Å². The molecule has 0 aliphatic rings. The van der Waals surface area contributed by atoms with Crippen molar-refractivity contribution in [1.29, 1.82) is 0 Å². The summed E-state index contributed by atoms with van der Waals surface area (Å²) in [6, 6.07) is 10.1. The zero-order chi connectivity index (χ0) is 21.5. The lowest BCUT2D eigenvalue weighted by atomic mass is 10.2. The van der Waals surface area contributed by atoms with Crippen molar-refractivity contribution < 1.29 is 23.0 Å². The van der Waals surface area contributed by atoms with Crippen molar-refractivity contribution >= 4 is 23.3 Å². The number of nitrogens with one attached hydrogen (secondary N) is 1. The third kappa shape index (κ3) is 5.55. The summed E-state index contributed by atoms with van der Waals surface area (Å²) >= 11 is 6.27. The van der Waals surface area contributed by atoms with Crippen molar-refractivity contribution in [2.75, 3.05) is 25.6 Å². The minimum absolute atomic E-state index is 0.158. The molecule has 9 heteroatoms. The van der Waals surface area contributed by atoms with Crippen molar-refractivity contribution in [3.63, 3.8) is 0 Å². The first-order valence-electron chi connectivity index (χ1n) is 9.17. The molecule has 0 aliphatic carbocycles. The Morgan fingerprint density at radius 3 is 2.67 bits per heavy atom. The molecular weight excluding hydrogens is 416 g/mol. The van der Waals surface area contributed by atoms with Gasteiger partial charge in [-0.1, -0.05) is 17.7 Å². The van der Waals surface area contributed by atoms with Crippen molar-refractivity contribution in [3.05, 3.63) is 76.4 Å². The molecule has 158 valence electrons. The molecule has 1 N–H and O–H groups in total. The Morgan fingerprint density at radius 1 is 1.17 bits per heavy atom. The molecule has 0 aliphatic heterocycles. The fourth-order valence-electron chi connectivity index (χ4n) is 2.74. The first kappa shape index (κ1) is 21.7. The van der Waals surface area contributed by atoms with Crippen LogP contribution < -0.4 is 10.1 Å². The Morgan fingerprint density at radius 2 is 1.93 bits per heavy atom. The highest BCUT2D eigenvalue weighted by Crippen LogP contribution is 2.23. The molecule has 3 aromatic rings. The van der Waals surface area contributed by atoms with Crippen LogP contribution in [-0.2, 0) is 11.3 Å². The van der Waals surface area contributed by atoms with Crippen LogP contribution in [0.4, 0.5) is 14.6 Å². The standard InChI is InChI=1S/C21H20ClF2N3O3/c1-29-10-3-11-30-15-6-7-16(22)14(12-15)13-27-9-8-19(26-27)25-21(28)20-17(23)4-2-5-18(20)24/h2,4-9,12H,3,10-11,13H2,1H3,(H,25,26,28). The maximum Gasteiger partial charge on any atom is 0.262 e. The molecule has 3 rings (SSSR count). The maximum atomic E-state index is 13.8. The van der Waals surface area contributed by atoms with E-state index >= 15 is 0 Å². The number of hydrogen-bond donors (Lipinski definition) is 1. The van der Waals surface area contributed by atoms with Gasteiger partial charge in [-0.15, -0.1) is 0 Å². The number of methoxy groups -OCH3 is 1. The van der Waals surface area contributed by atoms with E-state index in [1.165, 1.54) is 12.1 Å². The molecule has 0 saturated carbocycles. The number of carbonyl (C=O) groups is 1. The minimum atomic E-state index is -0.943. The lowest BCUT2D eigenvalue weighted by Crippen LogP contribution is -2.16. The molecule has 1 amide bonds. The Hall–Kier alpha value is -2.97. The topological polar surface area (TPSA) is 65.4 Å². The van der Waals surface area contributed by atoms with E-state index in [0.717, 1.165) is 24.1 Å². The highest BCUT2D eigenvalue weighted by Gasteiger charge is 2.18. The summed E-state index contributed by atoms with van der Waals surface area (Å²) in [5, 5.41) is 7.14. The second-order valence-corrected chi connectivity index (χ2v) is 6.80. The Bertz CT molecular complexity index is 1010. The summed E-state index contributed by atoms with van der Waals surface area (Å²) < 4.78 is 39.7. The molecule has 6 nitrogen and oxygen atoms in total. The summed E-state index contributed by atoms with van der Waals surface area (Å²) in [7, 11) is 1.63. The van der Waals surface area contributed by atoms with E-state index in [1.54, 1.807) is 30.1 Å². The Labute approximate surface area is 177 Å². The van der Waals surface area contributed by atoms with Gasteiger partial charge < -0.3 is 14.8 Å². The highest BCUT2D eigenvalue weighted by atomic mass is 35.5. The van der Waals surface area contributed by atoms with Crippen LogP contribution in [0.15, 0.2) is 48.7 Å². The fourth-order valence-corrected chi connectivity index (χ4v) is 2.92. The molecule has 0 unspecified atom stereocenters. The second kappa shape index (κ2) is 10.2. The van der Waals surface area contributed by atoms with Gasteiger partial charge in [-0.25, -0.2) is 8.78 Å². The van der Waals surface area contributed by atoms with Gasteiger partial charge in [0, 0.05) is 37.4 Å². The summed E-state index contributed by atoms with van der Waals surface area (Å²) in [4.78, 5) is 12.2. The third-order valence-corrected chi connectivity index (χ3v) is 4.55. The van der Waals surface area contributed by atoms with Gasteiger partial charge in [0.1, 0.15) is 22.9 Å². The van der Waals surface area contributed by atoms with Crippen molar-refractivity contribution in [1.82, 2.24) is 9.78 Å². The predicted octanol–water partition coefficient (Wildman–Crippen LogP) is 4.53. The zero-order valence-corrected chi connectivity index (χ0v) is 17.0. The van der Waals surface area contributed by atoms with Crippen molar-refractivity contribution in [3.8, 4) is 5.75 Å². The second-order valence-electron chi connectivity index (χ2n) is 6.40. The molecule has 0 spiro atoms. The first-order chi connectivity index (χ1) is 14.5. The SMILES string of the molecule is COCCCOc1ccc(Cl)c(Cn2ccc(NC(=O)c3c(F)cccc3F)n2)c1. The number of carbonyl (C=O) groups excluding carboxylic acids is 1. The zero-order valence-electron chi connectivity index (χ0n) is 16.2. The number of ether oxygens (including phenoxy) is 2. The van der Waals surface area contributed by atoms with Gasteiger partial charge in [-0.3, -0.25) is 9.48 Å². The molecule has 0 radical (unpaired) electrons. The van der Waals surface area contributed by atoms with Gasteiger partial charge >= 0.3 is 0 Å². The number of amides is 1. The summed E-state index contributed by atoms with van der Waals surface area (Å²) in [6.45, 7) is 1.44. The lowest BCUT2D eigenvalue weighted by Gasteiger charge is -2.10. The molecule has 0 fully saturated rings. The smallest absolute Gasteiger partial charge is 0.262 e. The average Bonchev–Trinajstić information content (AvgIpc) is 3.14. The van der Waals surface area contributed by atoms with Crippen LogP contribution in [-0.4, -0.2) is 36.0 Å². The molecule has 0 atom stereocenters. The van der Waals surface area contributed by atoms with Gasteiger partial charge in [-0.2, -0.15) is 5.10 Å².